The summed E-state index contributed by atoms with van der Waals surface area (Å²) in [4.78, 5) is 51.4. The number of para-hydroxylation sites is 1. The summed E-state index contributed by atoms with van der Waals surface area (Å²) in [7, 11) is 0. The summed E-state index contributed by atoms with van der Waals surface area (Å²) >= 11 is 0. The minimum absolute atomic E-state index is 0.0889. The fraction of sp³-hybridized carbons (Fsp3) is 0.345. The van der Waals surface area contributed by atoms with Crippen molar-refractivity contribution < 1.29 is 64.5 Å². The predicted octanol–water partition coefficient (Wildman–Crippen LogP) is 3.94. The van der Waals surface area contributed by atoms with Crippen molar-refractivity contribution in [3.8, 4) is 0 Å². The van der Waals surface area contributed by atoms with Crippen LogP contribution in [0.25, 0.3) is 10.9 Å². The van der Waals surface area contributed by atoms with Crippen molar-refractivity contribution in [2.45, 2.75) is 30.7 Å². The van der Waals surface area contributed by atoms with E-state index >= 15 is 0 Å². The number of aliphatic carboxylic acids is 2. The topological polar surface area (TPSA) is 152 Å². The molecular weight excluding hydrogens is 666 g/mol. The van der Waals surface area contributed by atoms with Gasteiger partial charge in [-0.15, -0.1) is 0 Å². The fourth-order valence-electron chi connectivity index (χ4n) is 4.85. The zero-order valence-electron chi connectivity index (χ0n) is 24.5. The first-order valence-corrected chi connectivity index (χ1v) is 13.8. The maximum Gasteiger partial charge on any atom is 0.490 e. The van der Waals surface area contributed by atoms with Crippen molar-refractivity contribution in [3.63, 3.8) is 0 Å². The van der Waals surface area contributed by atoms with Gasteiger partial charge in [0.2, 0.25) is 5.91 Å². The Kier molecular flexibility index (Phi) is 11.9. The predicted molar refractivity (Wildman–Crippen MR) is 152 cm³/mol. The second-order valence-corrected chi connectivity index (χ2v) is 10.3. The Balaban J connectivity index is 0.000000376. The first-order chi connectivity index (χ1) is 22.3. The highest BCUT2D eigenvalue weighted by Crippen LogP contribution is 2.36. The molecule has 0 saturated carbocycles. The number of alkyl halides is 6. The SMILES string of the molecule is O=C(NCCN1CCC2(CC1)C(=O)NCN2c1ccc(F)c(F)c1)c1cnc2ccccc2c1.O=C(O)C(F)(F)F.O=C(O)C(F)(F)F. The van der Waals surface area contributed by atoms with Gasteiger partial charge in [-0.3, -0.25) is 14.6 Å². The Hall–Kier alpha value is -5.07. The molecule has 11 nitrogen and oxygen atoms in total. The average Bonchev–Trinajstić information content (AvgIpc) is 3.33. The molecule has 0 bridgehead atoms. The summed E-state index contributed by atoms with van der Waals surface area (Å²) in [6.07, 6.45) is -7.48. The van der Waals surface area contributed by atoms with Gasteiger partial charge in [-0.25, -0.2) is 18.4 Å². The quantitative estimate of drug-likeness (QED) is 0.292. The molecule has 4 N–H and O–H groups in total. The lowest BCUT2D eigenvalue weighted by molar-refractivity contribution is -0.193. The first-order valence-electron chi connectivity index (χ1n) is 13.8. The number of aromatic nitrogens is 1. The lowest BCUT2D eigenvalue weighted by Crippen LogP contribution is -2.57. The zero-order valence-corrected chi connectivity index (χ0v) is 24.5. The van der Waals surface area contributed by atoms with E-state index in [0.717, 1.165) is 23.0 Å². The molecule has 2 aromatic carbocycles. The van der Waals surface area contributed by atoms with E-state index in [-0.39, 0.29) is 18.5 Å². The van der Waals surface area contributed by atoms with Crippen molar-refractivity contribution in [3.05, 3.63) is 71.9 Å². The number of rotatable bonds is 5. The number of carboxylic acid groups (broad SMARTS) is 2. The van der Waals surface area contributed by atoms with Gasteiger partial charge >= 0.3 is 24.3 Å². The lowest BCUT2D eigenvalue weighted by atomic mass is 9.85. The number of halogens is 8. The molecule has 19 heteroatoms. The molecule has 2 aliphatic rings. The largest absolute Gasteiger partial charge is 0.490 e. The summed E-state index contributed by atoms with van der Waals surface area (Å²) in [5.74, 6) is -7.62. The monoisotopic (exact) mass is 693 g/mol. The van der Waals surface area contributed by atoms with Crippen LogP contribution in [0.15, 0.2) is 54.7 Å². The van der Waals surface area contributed by atoms with Crippen molar-refractivity contribution >= 4 is 40.3 Å². The first kappa shape index (κ1) is 37.4. The number of carbonyl (C=O) groups excluding carboxylic acids is 2. The molecule has 5 rings (SSSR count). The van der Waals surface area contributed by atoms with Gasteiger partial charge in [-0.05, 0) is 37.1 Å². The summed E-state index contributed by atoms with van der Waals surface area (Å²) < 4.78 is 90.7. The zero-order chi connectivity index (χ0) is 35.9. The summed E-state index contributed by atoms with van der Waals surface area (Å²) in [6, 6.07) is 13.2. The smallest absolute Gasteiger partial charge is 0.475 e. The number of nitrogens with zero attached hydrogens (tertiary/aromatic N) is 3. The van der Waals surface area contributed by atoms with Gasteiger partial charge in [-0.1, -0.05) is 18.2 Å². The highest BCUT2D eigenvalue weighted by Gasteiger charge is 2.50. The summed E-state index contributed by atoms with van der Waals surface area (Å²) in [6.45, 7) is 2.69. The van der Waals surface area contributed by atoms with Gasteiger partial charge in [0.25, 0.3) is 5.91 Å². The van der Waals surface area contributed by atoms with Crippen LogP contribution in [0.1, 0.15) is 23.2 Å². The molecule has 0 radical (unpaired) electrons. The number of benzene rings is 2. The molecule has 0 aliphatic carbocycles. The number of likely N-dealkylation sites (tertiary alicyclic amines) is 1. The van der Waals surface area contributed by atoms with Gasteiger partial charge in [0, 0.05) is 49.5 Å². The fourth-order valence-corrected chi connectivity index (χ4v) is 4.85. The Morgan fingerprint density at radius 2 is 1.48 bits per heavy atom. The van der Waals surface area contributed by atoms with E-state index in [2.05, 4.69) is 20.5 Å². The van der Waals surface area contributed by atoms with E-state index in [1.165, 1.54) is 6.07 Å². The number of piperidine rings is 1. The van der Waals surface area contributed by atoms with Gasteiger partial charge < -0.3 is 30.6 Å². The van der Waals surface area contributed by atoms with E-state index in [1.54, 1.807) is 6.20 Å². The van der Waals surface area contributed by atoms with Crippen LogP contribution >= 0.6 is 0 Å². The van der Waals surface area contributed by atoms with Crippen LogP contribution in [0.5, 0.6) is 0 Å². The molecule has 0 atom stereocenters. The molecule has 0 unspecified atom stereocenters. The second kappa shape index (κ2) is 15.2. The van der Waals surface area contributed by atoms with E-state index in [4.69, 9.17) is 19.8 Å². The van der Waals surface area contributed by atoms with Crippen molar-refractivity contribution in [2.24, 2.45) is 0 Å². The Morgan fingerprint density at radius 1 is 0.896 bits per heavy atom. The highest BCUT2D eigenvalue weighted by molar-refractivity contribution is 5.97. The number of amides is 2. The number of pyridine rings is 1. The Labute approximate surface area is 266 Å². The highest BCUT2D eigenvalue weighted by atomic mass is 19.4. The molecular formula is C29H27F8N5O6. The molecule has 260 valence electrons. The van der Waals surface area contributed by atoms with Crippen LogP contribution < -0.4 is 15.5 Å². The van der Waals surface area contributed by atoms with E-state index in [1.807, 2.05) is 35.2 Å². The molecule has 2 fully saturated rings. The number of anilines is 1. The molecule has 1 spiro atoms. The van der Waals surface area contributed by atoms with Crippen LogP contribution in [0.2, 0.25) is 0 Å². The normalized spacial score (nSPS) is 15.9. The number of fused-ring (bicyclic) bond motifs is 1. The van der Waals surface area contributed by atoms with E-state index < -0.39 is 41.5 Å². The summed E-state index contributed by atoms with van der Waals surface area (Å²) in [5.41, 5.74) is 1.07. The van der Waals surface area contributed by atoms with E-state index in [9.17, 15) is 44.7 Å². The van der Waals surface area contributed by atoms with Gasteiger partial charge in [0.1, 0.15) is 5.54 Å². The molecule has 3 heterocycles. The third kappa shape index (κ3) is 9.49. The minimum Gasteiger partial charge on any atom is -0.475 e. The third-order valence-corrected chi connectivity index (χ3v) is 7.29. The number of carboxylic acids is 2. The van der Waals surface area contributed by atoms with Gasteiger partial charge in [0.05, 0.1) is 17.7 Å². The third-order valence-electron chi connectivity index (χ3n) is 7.29. The van der Waals surface area contributed by atoms with Crippen molar-refractivity contribution in [2.75, 3.05) is 37.7 Å². The number of nitrogens with one attached hydrogen (secondary N) is 2. The maximum absolute atomic E-state index is 13.8. The molecule has 2 saturated heterocycles. The van der Waals surface area contributed by atoms with Crippen LogP contribution in [0.3, 0.4) is 0 Å². The minimum atomic E-state index is -5.08. The van der Waals surface area contributed by atoms with Gasteiger partial charge in [-0.2, -0.15) is 26.3 Å². The van der Waals surface area contributed by atoms with Gasteiger partial charge in [0.15, 0.2) is 11.6 Å². The summed E-state index contributed by atoms with van der Waals surface area (Å²) in [5, 5.41) is 21.0. The maximum atomic E-state index is 13.8. The van der Waals surface area contributed by atoms with Crippen LogP contribution in [0, 0.1) is 11.6 Å². The number of carbonyl (C=O) groups is 4. The standard InChI is InChI=1S/C25H25F2N5O2.2C2HF3O2/c26-20-6-5-19(14-21(20)27)32-16-30-24(34)25(32)7-10-31(11-8-25)12-9-28-23(33)18-13-17-3-1-2-4-22(17)29-15-18;2*3-2(4,5)1(6)7/h1-6,13-15H,7-12,16H2,(H,28,33)(H,30,34);2*(H,6,7). The molecule has 48 heavy (non-hydrogen) atoms. The van der Waals surface area contributed by atoms with Crippen LogP contribution in [-0.2, 0) is 14.4 Å². The average molecular weight is 694 g/mol. The second-order valence-electron chi connectivity index (χ2n) is 10.3. The van der Waals surface area contributed by atoms with Crippen molar-refractivity contribution in [1.82, 2.24) is 20.5 Å². The molecule has 1 aromatic heterocycles. The lowest BCUT2D eigenvalue weighted by Gasteiger charge is -2.43. The molecule has 3 aromatic rings. The number of hydrogen-bond donors (Lipinski definition) is 4. The van der Waals surface area contributed by atoms with Crippen LogP contribution in [-0.4, -0.2) is 94.6 Å². The van der Waals surface area contributed by atoms with E-state index in [0.29, 0.717) is 50.3 Å². The Morgan fingerprint density at radius 3 is 2.04 bits per heavy atom. The molecule has 2 aliphatic heterocycles. The Bertz CT molecular complexity index is 1620. The molecule has 2 amide bonds. The van der Waals surface area contributed by atoms with Crippen LogP contribution in [0.4, 0.5) is 40.8 Å². The number of hydrogen-bond acceptors (Lipinski definition) is 7. The van der Waals surface area contributed by atoms with Crippen molar-refractivity contribution in [1.29, 1.82) is 0 Å².